The van der Waals surface area contributed by atoms with Crippen LogP contribution in [0.2, 0.25) is 0 Å². The van der Waals surface area contributed by atoms with Gasteiger partial charge in [-0.25, -0.2) is 4.79 Å². The van der Waals surface area contributed by atoms with Crippen molar-refractivity contribution in [1.82, 2.24) is 16.0 Å². The second kappa shape index (κ2) is 9.86. The van der Waals surface area contributed by atoms with E-state index in [0.29, 0.717) is 25.9 Å². The molecule has 2 aromatic rings. The van der Waals surface area contributed by atoms with Crippen molar-refractivity contribution in [2.24, 2.45) is 0 Å². The molecule has 2 aromatic carbocycles. The van der Waals surface area contributed by atoms with Crippen LogP contribution in [0.5, 0.6) is 0 Å². The molecule has 0 spiro atoms. The number of amides is 3. The lowest BCUT2D eigenvalue weighted by molar-refractivity contribution is -0.127. The van der Waals surface area contributed by atoms with Gasteiger partial charge in [-0.05, 0) is 48.9 Å². The first-order valence-corrected chi connectivity index (χ1v) is 11.4. The second-order valence-corrected chi connectivity index (χ2v) is 8.63. The minimum Gasteiger partial charge on any atom is -0.372 e. The summed E-state index contributed by atoms with van der Waals surface area (Å²) in [6.07, 6.45) is 5.74. The zero-order chi connectivity index (χ0) is 21.5. The summed E-state index contributed by atoms with van der Waals surface area (Å²) < 4.78 is 0. The third kappa shape index (κ3) is 5.37. The van der Waals surface area contributed by atoms with Crippen molar-refractivity contribution in [3.8, 4) is 0 Å². The first-order chi connectivity index (χ1) is 15.1. The summed E-state index contributed by atoms with van der Waals surface area (Å²) in [5.74, 6) is -0.0940. The zero-order valence-electron chi connectivity index (χ0n) is 18.0. The maximum atomic E-state index is 13.1. The predicted molar refractivity (Wildman–Crippen MR) is 123 cm³/mol. The van der Waals surface area contributed by atoms with Gasteiger partial charge < -0.3 is 20.9 Å². The van der Waals surface area contributed by atoms with Crippen LogP contribution in [0.25, 0.3) is 0 Å². The van der Waals surface area contributed by atoms with Crippen LogP contribution in [-0.4, -0.2) is 30.6 Å². The number of rotatable bonds is 7. The Morgan fingerprint density at radius 3 is 2.06 bits per heavy atom. The van der Waals surface area contributed by atoms with Gasteiger partial charge in [-0.1, -0.05) is 55.3 Å². The molecule has 2 fully saturated rings. The van der Waals surface area contributed by atoms with E-state index >= 15 is 0 Å². The molecule has 0 aromatic heterocycles. The molecule has 164 valence electrons. The van der Waals surface area contributed by atoms with Crippen LogP contribution in [0.1, 0.15) is 49.7 Å². The van der Waals surface area contributed by atoms with Crippen molar-refractivity contribution in [3.63, 3.8) is 0 Å². The highest BCUT2D eigenvalue weighted by atomic mass is 16.2. The Hall–Kier alpha value is -3.02. The number of benzene rings is 2. The van der Waals surface area contributed by atoms with Crippen LogP contribution in [0, 0.1) is 0 Å². The number of carbonyl (C=O) groups is 2. The fourth-order valence-electron chi connectivity index (χ4n) is 4.58. The van der Waals surface area contributed by atoms with E-state index in [2.05, 4.69) is 45.1 Å². The van der Waals surface area contributed by atoms with Gasteiger partial charge in [-0.2, -0.15) is 0 Å². The summed E-state index contributed by atoms with van der Waals surface area (Å²) in [4.78, 5) is 28.0. The zero-order valence-corrected chi connectivity index (χ0v) is 18.0. The molecule has 6 nitrogen and oxygen atoms in total. The number of anilines is 1. The number of nitrogens with zero attached hydrogens (tertiary/aromatic N) is 1. The Morgan fingerprint density at radius 1 is 0.774 bits per heavy atom. The molecule has 1 saturated heterocycles. The Kier molecular flexibility index (Phi) is 6.75. The van der Waals surface area contributed by atoms with E-state index in [9.17, 15) is 9.59 Å². The summed E-state index contributed by atoms with van der Waals surface area (Å²) in [5.41, 5.74) is 2.52. The summed E-state index contributed by atoms with van der Waals surface area (Å²) in [6, 6.07) is 17.9. The van der Waals surface area contributed by atoms with E-state index in [-0.39, 0.29) is 11.9 Å². The highest BCUT2D eigenvalue weighted by Crippen LogP contribution is 2.30. The van der Waals surface area contributed by atoms with Crippen molar-refractivity contribution in [2.75, 3.05) is 18.0 Å². The summed E-state index contributed by atoms with van der Waals surface area (Å²) in [6.45, 7) is 3.15. The lowest BCUT2D eigenvalue weighted by Crippen LogP contribution is -2.59. The molecule has 1 saturated carbocycles. The second-order valence-electron chi connectivity index (χ2n) is 8.63. The van der Waals surface area contributed by atoms with Gasteiger partial charge in [0.1, 0.15) is 5.54 Å². The topological polar surface area (TPSA) is 73.5 Å². The summed E-state index contributed by atoms with van der Waals surface area (Å²) >= 11 is 0. The van der Waals surface area contributed by atoms with E-state index < -0.39 is 5.54 Å². The average molecular weight is 421 g/mol. The highest BCUT2D eigenvalue weighted by Gasteiger charge is 2.42. The maximum Gasteiger partial charge on any atom is 0.315 e. The molecule has 1 aliphatic heterocycles. The monoisotopic (exact) mass is 420 g/mol. The molecule has 0 bridgehead atoms. The Morgan fingerprint density at radius 2 is 1.39 bits per heavy atom. The van der Waals surface area contributed by atoms with Crippen molar-refractivity contribution in [1.29, 1.82) is 0 Å². The number of urea groups is 1. The van der Waals surface area contributed by atoms with E-state index in [4.69, 9.17) is 0 Å². The normalized spacial score (nSPS) is 17.4. The van der Waals surface area contributed by atoms with Crippen LogP contribution in [0.15, 0.2) is 54.6 Å². The van der Waals surface area contributed by atoms with E-state index in [1.54, 1.807) is 0 Å². The van der Waals surface area contributed by atoms with Crippen molar-refractivity contribution < 1.29 is 9.59 Å². The number of hydrogen-bond acceptors (Lipinski definition) is 3. The van der Waals surface area contributed by atoms with Gasteiger partial charge in [0, 0.05) is 31.9 Å². The fourth-order valence-corrected chi connectivity index (χ4v) is 4.58. The SMILES string of the molecule is O=C(NCc1ccccc1)NC1(C(=O)NCc2ccc(N3CCCC3)cc2)CCCC1. The van der Waals surface area contributed by atoms with E-state index in [0.717, 1.165) is 37.1 Å². The van der Waals surface area contributed by atoms with Crippen LogP contribution in [0.3, 0.4) is 0 Å². The van der Waals surface area contributed by atoms with Gasteiger partial charge in [0.05, 0.1) is 0 Å². The minimum atomic E-state index is -0.823. The van der Waals surface area contributed by atoms with Crippen LogP contribution in [0.4, 0.5) is 10.5 Å². The van der Waals surface area contributed by atoms with Crippen LogP contribution < -0.4 is 20.9 Å². The van der Waals surface area contributed by atoms with Crippen LogP contribution >= 0.6 is 0 Å². The molecule has 0 radical (unpaired) electrons. The standard InChI is InChI=1S/C25H32N4O2/c30-23(26-18-21-10-12-22(13-11-21)29-16-6-7-17-29)25(14-4-5-15-25)28-24(31)27-19-20-8-2-1-3-9-20/h1-3,8-13H,4-7,14-19H2,(H,26,30)(H2,27,28,31). The Labute approximate surface area is 184 Å². The van der Waals surface area contributed by atoms with Gasteiger partial charge in [-0.15, -0.1) is 0 Å². The van der Waals surface area contributed by atoms with Gasteiger partial charge in [0.25, 0.3) is 0 Å². The van der Waals surface area contributed by atoms with Gasteiger partial charge in [-0.3, -0.25) is 4.79 Å². The fraction of sp³-hybridized carbons (Fsp3) is 0.440. The van der Waals surface area contributed by atoms with Gasteiger partial charge in [0.15, 0.2) is 0 Å². The number of nitrogens with one attached hydrogen (secondary N) is 3. The Bertz CT molecular complexity index is 870. The molecule has 4 rings (SSSR count). The predicted octanol–water partition coefficient (Wildman–Crippen LogP) is 3.72. The minimum absolute atomic E-state index is 0.0940. The summed E-state index contributed by atoms with van der Waals surface area (Å²) in [5, 5.41) is 8.91. The Balaban J connectivity index is 1.30. The molecule has 31 heavy (non-hydrogen) atoms. The molecule has 3 amide bonds. The lowest BCUT2D eigenvalue weighted by atomic mass is 9.96. The molecule has 1 aliphatic carbocycles. The van der Waals surface area contributed by atoms with E-state index in [1.165, 1.54) is 18.5 Å². The van der Waals surface area contributed by atoms with Crippen molar-refractivity contribution in [3.05, 3.63) is 65.7 Å². The number of carbonyl (C=O) groups excluding carboxylic acids is 2. The third-order valence-corrected chi connectivity index (χ3v) is 6.40. The smallest absolute Gasteiger partial charge is 0.315 e. The average Bonchev–Trinajstić information content (AvgIpc) is 3.50. The van der Waals surface area contributed by atoms with Crippen molar-refractivity contribution in [2.45, 2.75) is 57.2 Å². The largest absolute Gasteiger partial charge is 0.372 e. The highest BCUT2D eigenvalue weighted by molar-refractivity contribution is 5.91. The van der Waals surface area contributed by atoms with E-state index in [1.807, 2.05) is 30.3 Å². The lowest BCUT2D eigenvalue weighted by Gasteiger charge is -2.29. The molecule has 0 atom stereocenters. The third-order valence-electron chi connectivity index (χ3n) is 6.40. The van der Waals surface area contributed by atoms with Crippen LogP contribution in [-0.2, 0) is 17.9 Å². The van der Waals surface area contributed by atoms with Crippen molar-refractivity contribution >= 4 is 17.6 Å². The molecular weight excluding hydrogens is 388 g/mol. The maximum absolute atomic E-state index is 13.1. The molecule has 1 heterocycles. The molecule has 2 aliphatic rings. The summed E-state index contributed by atoms with van der Waals surface area (Å²) in [7, 11) is 0. The molecule has 6 heteroatoms. The molecular formula is C25H32N4O2. The molecule has 0 unspecified atom stereocenters. The quantitative estimate of drug-likeness (QED) is 0.639. The van der Waals surface area contributed by atoms with Gasteiger partial charge >= 0.3 is 6.03 Å². The first-order valence-electron chi connectivity index (χ1n) is 11.4. The van der Waals surface area contributed by atoms with Gasteiger partial charge in [0.2, 0.25) is 5.91 Å². The first kappa shape index (κ1) is 21.2. The number of hydrogen-bond donors (Lipinski definition) is 3. The molecule has 3 N–H and O–H groups in total.